The maximum absolute atomic E-state index is 13.2. The van der Waals surface area contributed by atoms with Crippen LogP contribution in [0.15, 0.2) is 77.6 Å². The molecule has 0 spiro atoms. The van der Waals surface area contributed by atoms with Crippen LogP contribution in [0, 0.1) is 0 Å². The highest BCUT2D eigenvalue weighted by atomic mass is 35.5. The van der Waals surface area contributed by atoms with Crippen LogP contribution in [0.1, 0.15) is 11.1 Å². The fourth-order valence-electron chi connectivity index (χ4n) is 4.14. The number of nitrogens with zero attached hydrogens (tertiary/aromatic N) is 1. The van der Waals surface area contributed by atoms with Gasteiger partial charge in [0.05, 0.1) is 0 Å². The fraction of sp³-hybridized carbons (Fsp3) is 0.125. The van der Waals surface area contributed by atoms with Gasteiger partial charge in [-0.05, 0) is 41.3 Å². The molecular weight excluding hydrogens is 368 g/mol. The van der Waals surface area contributed by atoms with Crippen molar-refractivity contribution in [2.45, 2.75) is 13.0 Å². The molecule has 4 aromatic rings. The first-order chi connectivity index (χ1) is 13.7. The van der Waals surface area contributed by atoms with Crippen LogP contribution in [0.3, 0.4) is 0 Å². The van der Waals surface area contributed by atoms with Crippen molar-refractivity contribution in [3.8, 4) is 11.1 Å². The minimum absolute atomic E-state index is 0.0620. The number of benzene rings is 3. The largest absolute Gasteiger partial charge is 0.362 e. The molecule has 3 aromatic carbocycles. The number of fused-ring (bicyclic) bond motifs is 2. The molecule has 2 heterocycles. The first kappa shape index (κ1) is 17.1. The molecule has 0 amide bonds. The van der Waals surface area contributed by atoms with Crippen molar-refractivity contribution in [1.29, 1.82) is 0 Å². The van der Waals surface area contributed by atoms with Gasteiger partial charge >= 0.3 is 0 Å². The lowest BCUT2D eigenvalue weighted by Crippen LogP contribution is -2.34. The van der Waals surface area contributed by atoms with Crippen molar-refractivity contribution >= 4 is 28.2 Å². The van der Waals surface area contributed by atoms with Gasteiger partial charge in [0.15, 0.2) is 0 Å². The van der Waals surface area contributed by atoms with Gasteiger partial charge < -0.3 is 9.88 Å². The Bertz CT molecular complexity index is 1230. The standard InChI is InChI=1S/C24H19ClN2O/c25-19-10-11-21-20(14-19)22(17-7-2-1-3-8-17)23(24(28)26-21)27-13-12-16-6-4-5-9-18(16)15-27/h1-11,14H,12-13,15H2,(H,26,28). The Morgan fingerprint density at radius 3 is 2.46 bits per heavy atom. The summed E-state index contributed by atoms with van der Waals surface area (Å²) < 4.78 is 0. The van der Waals surface area contributed by atoms with Gasteiger partial charge in [0.25, 0.3) is 5.56 Å². The summed E-state index contributed by atoms with van der Waals surface area (Å²) in [6, 6.07) is 24.2. The number of pyridine rings is 1. The molecule has 28 heavy (non-hydrogen) atoms. The molecule has 138 valence electrons. The van der Waals surface area contributed by atoms with Gasteiger partial charge in [-0.1, -0.05) is 66.2 Å². The second-order valence-electron chi connectivity index (χ2n) is 7.17. The summed E-state index contributed by atoms with van der Waals surface area (Å²) in [5.41, 5.74) is 6.06. The maximum atomic E-state index is 13.2. The van der Waals surface area contributed by atoms with Gasteiger partial charge in [0, 0.05) is 34.6 Å². The van der Waals surface area contributed by atoms with Crippen LogP contribution in [0.4, 0.5) is 5.69 Å². The van der Waals surface area contributed by atoms with Crippen LogP contribution in [-0.2, 0) is 13.0 Å². The third-order valence-electron chi connectivity index (χ3n) is 5.46. The summed E-state index contributed by atoms with van der Waals surface area (Å²) >= 11 is 6.32. The van der Waals surface area contributed by atoms with Crippen LogP contribution in [0.5, 0.6) is 0 Å². The third kappa shape index (κ3) is 2.88. The minimum atomic E-state index is -0.0620. The van der Waals surface area contributed by atoms with Crippen LogP contribution < -0.4 is 10.5 Å². The van der Waals surface area contributed by atoms with Crippen molar-refractivity contribution in [1.82, 2.24) is 4.98 Å². The second kappa shape index (κ2) is 6.84. The Labute approximate surface area is 168 Å². The van der Waals surface area contributed by atoms with Gasteiger partial charge in [-0.15, -0.1) is 0 Å². The summed E-state index contributed by atoms with van der Waals surface area (Å²) in [5, 5.41) is 1.62. The molecule has 0 fully saturated rings. The molecule has 1 aliphatic heterocycles. The van der Waals surface area contributed by atoms with Gasteiger partial charge in [-0.25, -0.2) is 0 Å². The lowest BCUT2D eigenvalue weighted by atomic mass is 9.95. The molecule has 0 saturated heterocycles. The molecule has 0 saturated carbocycles. The first-order valence-electron chi connectivity index (χ1n) is 9.43. The normalized spacial score (nSPS) is 13.5. The van der Waals surface area contributed by atoms with E-state index in [1.807, 2.05) is 36.4 Å². The lowest BCUT2D eigenvalue weighted by molar-refractivity contribution is 0.728. The second-order valence-corrected chi connectivity index (χ2v) is 7.61. The smallest absolute Gasteiger partial charge is 0.272 e. The fourth-order valence-corrected chi connectivity index (χ4v) is 4.31. The quantitative estimate of drug-likeness (QED) is 0.500. The van der Waals surface area contributed by atoms with E-state index in [-0.39, 0.29) is 5.56 Å². The number of aromatic amines is 1. The molecule has 1 aromatic heterocycles. The summed E-state index contributed by atoms with van der Waals surface area (Å²) in [7, 11) is 0. The Balaban J connectivity index is 1.77. The van der Waals surface area contributed by atoms with Crippen molar-refractivity contribution in [3.05, 3.63) is 99.3 Å². The Morgan fingerprint density at radius 1 is 0.893 bits per heavy atom. The van der Waals surface area contributed by atoms with E-state index >= 15 is 0 Å². The predicted molar refractivity (Wildman–Crippen MR) is 116 cm³/mol. The van der Waals surface area contributed by atoms with Gasteiger partial charge in [0.2, 0.25) is 0 Å². The monoisotopic (exact) mass is 386 g/mol. The number of anilines is 1. The summed E-state index contributed by atoms with van der Waals surface area (Å²) in [4.78, 5) is 18.5. The van der Waals surface area contributed by atoms with Gasteiger partial charge in [0.1, 0.15) is 5.69 Å². The van der Waals surface area contributed by atoms with Gasteiger partial charge in [-0.2, -0.15) is 0 Å². The van der Waals surface area contributed by atoms with Crippen LogP contribution in [-0.4, -0.2) is 11.5 Å². The highest BCUT2D eigenvalue weighted by Gasteiger charge is 2.23. The summed E-state index contributed by atoms with van der Waals surface area (Å²) in [5.74, 6) is 0. The SMILES string of the molecule is O=c1[nH]c2ccc(Cl)cc2c(-c2ccccc2)c1N1CCc2ccccc2C1. The minimum Gasteiger partial charge on any atom is -0.362 e. The van der Waals surface area contributed by atoms with Crippen LogP contribution in [0.25, 0.3) is 22.0 Å². The van der Waals surface area contributed by atoms with Crippen molar-refractivity contribution in [2.24, 2.45) is 0 Å². The predicted octanol–water partition coefficient (Wildman–Crippen LogP) is 5.41. The number of halogens is 1. The molecule has 1 aliphatic rings. The molecule has 0 radical (unpaired) electrons. The van der Waals surface area contributed by atoms with E-state index in [4.69, 9.17) is 11.6 Å². The van der Waals surface area contributed by atoms with E-state index in [0.717, 1.165) is 47.2 Å². The number of hydrogen-bond donors (Lipinski definition) is 1. The average Bonchev–Trinajstić information content (AvgIpc) is 2.73. The van der Waals surface area contributed by atoms with Crippen molar-refractivity contribution in [3.63, 3.8) is 0 Å². The highest BCUT2D eigenvalue weighted by molar-refractivity contribution is 6.31. The zero-order valence-corrected chi connectivity index (χ0v) is 16.0. The summed E-state index contributed by atoms with van der Waals surface area (Å²) in [6.45, 7) is 1.54. The number of H-pyrrole nitrogens is 1. The summed E-state index contributed by atoms with van der Waals surface area (Å²) in [6.07, 6.45) is 0.928. The highest BCUT2D eigenvalue weighted by Crippen LogP contribution is 2.37. The zero-order chi connectivity index (χ0) is 19.1. The molecule has 5 rings (SSSR count). The number of nitrogens with one attached hydrogen (secondary N) is 1. The topological polar surface area (TPSA) is 36.1 Å². The molecule has 3 nitrogen and oxygen atoms in total. The third-order valence-corrected chi connectivity index (χ3v) is 5.70. The van der Waals surface area contributed by atoms with Crippen molar-refractivity contribution in [2.75, 3.05) is 11.4 Å². The average molecular weight is 387 g/mol. The Kier molecular flexibility index (Phi) is 4.18. The molecule has 0 atom stereocenters. The molecule has 4 heteroatoms. The van der Waals surface area contributed by atoms with Crippen LogP contribution in [0.2, 0.25) is 5.02 Å². The molecular formula is C24H19ClN2O. The number of rotatable bonds is 2. The first-order valence-corrected chi connectivity index (χ1v) is 9.81. The molecule has 0 bridgehead atoms. The van der Waals surface area contributed by atoms with Crippen molar-refractivity contribution < 1.29 is 0 Å². The Morgan fingerprint density at radius 2 is 1.64 bits per heavy atom. The van der Waals surface area contributed by atoms with Crippen LogP contribution >= 0.6 is 11.6 Å². The lowest BCUT2D eigenvalue weighted by Gasteiger charge is -2.32. The molecule has 1 N–H and O–H groups in total. The molecule has 0 aliphatic carbocycles. The number of hydrogen-bond acceptors (Lipinski definition) is 2. The van der Waals surface area contributed by atoms with E-state index in [2.05, 4.69) is 46.3 Å². The Hall–Kier alpha value is -3.04. The van der Waals surface area contributed by atoms with Gasteiger partial charge in [-0.3, -0.25) is 4.79 Å². The van der Waals surface area contributed by atoms with E-state index < -0.39 is 0 Å². The number of aromatic nitrogens is 1. The van der Waals surface area contributed by atoms with E-state index in [0.29, 0.717) is 5.02 Å². The van der Waals surface area contributed by atoms with E-state index in [1.165, 1.54) is 11.1 Å². The van der Waals surface area contributed by atoms with E-state index in [9.17, 15) is 4.79 Å². The maximum Gasteiger partial charge on any atom is 0.272 e. The zero-order valence-electron chi connectivity index (χ0n) is 15.3. The molecule has 0 unspecified atom stereocenters. The van der Waals surface area contributed by atoms with E-state index in [1.54, 1.807) is 0 Å².